The van der Waals surface area contributed by atoms with Gasteiger partial charge in [0.05, 0.1) is 40.8 Å². The number of benzene rings is 1. The maximum absolute atomic E-state index is 14.2. The highest BCUT2D eigenvalue weighted by atomic mass is 32.1. The third-order valence-corrected chi connectivity index (χ3v) is 11.3. The Balaban J connectivity index is 1.28. The van der Waals surface area contributed by atoms with Crippen molar-refractivity contribution in [2.24, 2.45) is 5.92 Å². The summed E-state index contributed by atoms with van der Waals surface area (Å²) in [5.41, 5.74) is 3.52. The Morgan fingerprint density at radius 1 is 1.06 bits per heavy atom. The lowest BCUT2D eigenvalue weighted by Crippen LogP contribution is -2.54. The van der Waals surface area contributed by atoms with Gasteiger partial charge in [-0.05, 0) is 37.2 Å². The van der Waals surface area contributed by atoms with E-state index >= 15 is 0 Å². The summed E-state index contributed by atoms with van der Waals surface area (Å²) in [6, 6.07) is 8.46. The molecule has 5 rings (SSSR count). The highest BCUT2D eigenvalue weighted by molar-refractivity contribution is 7.09. The van der Waals surface area contributed by atoms with Crippen LogP contribution in [0.4, 0.5) is 9.59 Å². The maximum atomic E-state index is 14.2. The molecule has 2 aliphatic rings. The van der Waals surface area contributed by atoms with Crippen LogP contribution in [0.15, 0.2) is 71.7 Å². The van der Waals surface area contributed by atoms with Gasteiger partial charge in [0.2, 0.25) is 5.91 Å². The molecular weight excluding hydrogens is 711 g/mol. The maximum Gasteiger partial charge on any atom is 0.410 e. The van der Waals surface area contributed by atoms with Crippen molar-refractivity contribution >= 4 is 40.7 Å². The zero-order chi connectivity index (χ0) is 37.4. The molecule has 0 bridgehead atoms. The van der Waals surface area contributed by atoms with Crippen LogP contribution in [-0.2, 0) is 34.0 Å². The van der Waals surface area contributed by atoms with Gasteiger partial charge in [0.15, 0.2) is 0 Å². The molecule has 53 heavy (non-hydrogen) atoms. The van der Waals surface area contributed by atoms with E-state index in [2.05, 4.69) is 51.5 Å². The van der Waals surface area contributed by atoms with E-state index in [1.165, 1.54) is 11.3 Å². The minimum atomic E-state index is -0.761. The largest absolute Gasteiger partial charge is 0.444 e. The molecule has 3 atom stereocenters. The Morgan fingerprint density at radius 3 is 2.57 bits per heavy atom. The van der Waals surface area contributed by atoms with Gasteiger partial charge in [-0.1, -0.05) is 68.5 Å². The smallest absolute Gasteiger partial charge is 0.410 e. The second kappa shape index (κ2) is 21.0. The first-order valence-electron chi connectivity index (χ1n) is 18.5. The first-order chi connectivity index (χ1) is 25.7. The lowest BCUT2D eigenvalue weighted by molar-refractivity contribution is -0.124. The van der Waals surface area contributed by atoms with Crippen LogP contribution in [0.1, 0.15) is 66.6 Å². The van der Waals surface area contributed by atoms with Gasteiger partial charge in [-0.3, -0.25) is 14.7 Å². The molecule has 3 aromatic rings. The number of amides is 4. The van der Waals surface area contributed by atoms with Gasteiger partial charge < -0.3 is 29.9 Å². The Labute approximate surface area is 321 Å². The van der Waals surface area contributed by atoms with Crippen molar-refractivity contribution in [2.45, 2.75) is 77.2 Å². The highest BCUT2D eigenvalue weighted by Gasteiger charge is 2.28. The van der Waals surface area contributed by atoms with Crippen LogP contribution < -0.4 is 10.6 Å². The third-order valence-electron chi connectivity index (χ3n) is 9.31. The number of aromatic nitrogens is 2. The van der Waals surface area contributed by atoms with Crippen molar-refractivity contribution in [1.82, 2.24) is 35.3 Å². The number of rotatable bonds is 18. The average molecular weight is 764 g/mol. The fourth-order valence-corrected chi connectivity index (χ4v) is 7.58. The van der Waals surface area contributed by atoms with E-state index in [4.69, 9.17) is 9.47 Å². The van der Waals surface area contributed by atoms with Gasteiger partial charge in [-0.25, -0.2) is 14.6 Å². The van der Waals surface area contributed by atoms with Crippen molar-refractivity contribution in [3.8, 4) is 0 Å². The zero-order valence-corrected chi connectivity index (χ0v) is 32.7. The highest BCUT2D eigenvalue weighted by Crippen LogP contribution is 2.22. The molecule has 4 amide bonds. The summed E-state index contributed by atoms with van der Waals surface area (Å²) in [5.74, 6) is 0.306. The van der Waals surface area contributed by atoms with Crippen LogP contribution in [0.25, 0.3) is 0 Å². The molecule has 1 saturated heterocycles. The topological polar surface area (TPSA) is 129 Å². The van der Waals surface area contributed by atoms with Gasteiger partial charge in [-0.2, -0.15) is 0 Å². The number of morpholine rings is 1. The summed E-state index contributed by atoms with van der Waals surface area (Å²) >= 11 is 3.03. The van der Waals surface area contributed by atoms with Gasteiger partial charge in [0.1, 0.15) is 12.6 Å². The van der Waals surface area contributed by atoms with Crippen LogP contribution in [0.5, 0.6) is 0 Å². The summed E-state index contributed by atoms with van der Waals surface area (Å²) in [6.45, 7) is 8.93. The molecule has 0 spiro atoms. The van der Waals surface area contributed by atoms with Crippen LogP contribution in [0.2, 0.25) is 0 Å². The standard InChI is InChI=1S/C39H53N7O5S2/c1-29(2)37-42-33(27-52-37)25-44(3)38(48)43-35(15-16-45-18-20-50-21-19-45)36(47)41-32(22-30-10-6-4-7-11-30)14-17-46(24-31-12-8-5-9-13-31)39(49)51-26-34-23-40-28-53-34/h4-10,12-13,23,27-30,32,35H,11,14-22,24-26H2,1-3H3,(H,41,47)(H,43,48). The van der Waals surface area contributed by atoms with E-state index < -0.39 is 12.1 Å². The molecule has 1 aliphatic carbocycles. The number of ether oxygens (including phenoxy) is 2. The number of carbonyl (C=O) groups excluding carboxylic acids is 3. The molecular formula is C39H53N7O5S2. The van der Waals surface area contributed by atoms with Crippen LogP contribution in [0.3, 0.4) is 0 Å². The SMILES string of the molecule is CC(C)c1nc(CN(C)C(=O)NC(CCN2CCOCC2)C(=O)NC(CCN(Cc2ccccc2)C(=O)OCc2cncs2)CC2C=CC=CC2)cs1. The molecule has 3 unspecified atom stereocenters. The molecule has 2 aromatic heterocycles. The first kappa shape index (κ1) is 40.1. The predicted molar refractivity (Wildman–Crippen MR) is 209 cm³/mol. The monoisotopic (exact) mass is 763 g/mol. The Hall–Kier alpha value is -4.11. The second-order valence-corrected chi connectivity index (χ2v) is 15.8. The van der Waals surface area contributed by atoms with Gasteiger partial charge in [0.25, 0.3) is 0 Å². The summed E-state index contributed by atoms with van der Waals surface area (Å²) in [5, 5.41) is 9.36. The molecule has 14 heteroatoms. The van der Waals surface area contributed by atoms with Gasteiger partial charge in [0, 0.05) is 63.3 Å². The number of allylic oxidation sites excluding steroid dienone is 4. The van der Waals surface area contributed by atoms with Gasteiger partial charge in [-0.15, -0.1) is 22.7 Å². The molecule has 0 saturated carbocycles. The number of nitrogens with one attached hydrogen (secondary N) is 2. The number of nitrogens with zero attached hydrogens (tertiary/aromatic N) is 5. The van der Waals surface area contributed by atoms with Crippen LogP contribution in [0, 0.1) is 5.92 Å². The number of thiazole rings is 2. The fourth-order valence-electron chi connectivity index (χ4n) is 6.25. The Morgan fingerprint density at radius 2 is 1.87 bits per heavy atom. The summed E-state index contributed by atoms with van der Waals surface area (Å²) < 4.78 is 11.2. The lowest BCUT2D eigenvalue weighted by atomic mass is 9.91. The fraction of sp³-hybridized carbons (Fsp3) is 0.513. The lowest BCUT2D eigenvalue weighted by Gasteiger charge is -2.31. The van der Waals surface area contributed by atoms with Crippen molar-refractivity contribution in [1.29, 1.82) is 0 Å². The number of hydrogen-bond acceptors (Lipinski definition) is 10. The van der Waals surface area contributed by atoms with Crippen molar-refractivity contribution in [3.05, 3.63) is 92.9 Å². The first-order valence-corrected chi connectivity index (χ1v) is 20.2. The molecule has 3 heterocycles. The summed E-state index contributed by atoms with van der Waals surface area (Å²) in [4.78, 5) is 56.4. The molecule has 2 N–H and O–H groups in total. The average Bonchev–Trinajstić information content (AvgIpc) is 3.88. The number of carbonyl (C=O) groups is 3. The summed E-state index contributed by atoms with van der Waals surface area (Å²) in [6.07, 6.45) is 12.2. The van der Waals surface area contributed by atoms with E-state index in [1.54, 1.807) is 39.9 Å². The third kappa shape index (κ3) is 13.4. The van der Waals surface area contributed by atoms with E-state index in [9.17, 15) is 14.4 Å². The molecule has 1 aromatic carbocycles. The molecule has 286 valence electrons. The van der Waals surface area contributed by atoms with E-state index in [0.717, 1.165) is 40.7 Å². The van der Waals surface area contributed by atoms with E-state index in [0.29, 0.717) is 64.6 Å². The normalized spacial score (nSPS) is 16.9. The van der Waals surface area contributed by atoms with E-state index in [1.807, 2.05) is 47.9 Å². The summed E-state index contributed by atoms with van der Waals surface area (Å²) in [7, 11) is 1.72. The zero-order valence-electron chi connectivity index (χ0n) is 31.0. The second-order valence-electron chi connectivity index (χ2n) is 13.9. The van der Waals surface area contributed by atoms with Crippen LogP contribution in [-0.4, -0.2) is 101 Å². The minimum Gasteiger partial charge on any atom is -0.444 e. The van der Waals surface area contributed by atoms with Crippen molar-refractivity contribution in [2.75, 3.05) is 46.4 Å². The minimum absolute atomic E-state index is 0.147. The number of hydrogen-bond donors (Lipinski definition) is 2. The molecule has 0 radical (unpaired) electrons. The van der Waals surface area contributed by atoms with Crippen LogP contribution >= 0.6 is 22.7 Å². The van der Waals surface area contributed by atoms with E-state index in [-0.39, 0.29) is 30.5 Å². The van der Waals surface area contributed by atoms with Gasteiger partial charge >= 0.3 is 12.1 Å². The number of urea groups is 1. The predicted octanol–water partition coefficient (Wildman–Crippen LogP) is 6.19. The molecule has 12 nitrogen and oxygen atoms in total. The molecule has 1 fully saturated rings. The quantitative estimate of drug-likeness (QED) is 0.157. The Kier molecular flexibility index (Phi) is 15.8. The Bertz CT molecular complexity index is 1630. The van der Waals surface area contributed by atoms with Crippen molar-refractivity contribution in [3.63, 3.8) is 0 Å². The molecule has 1 aliphatic heterocycles. The van der Waals surface area contributed by atoms with Crippen molar-refractivity contribution < 1.29 is 23.9 Å².